The first-order valence-corrected chi connectivity index (χ1v) is 13.1. The number of methoxy groups -OCH3 is 1. The molecule has 1 fully saturated rings. The molecular weight excluding hydrogens is 488 g/mol. The Morgan fingerprint density at radius 1 is 1.18 bits per heavy atom. The molecule has 0 radical (unpaired) electrons. The topological polar surface area (TPSA) is 140 Å². The maximum atomic E-state index is 10.6. The van der Waals surface area contributed by atoms with Crippen LogP contribution in [0.1, 0.15) is 61.8 Å². The molecule has 10 heteroatoms. The van der Waals surface area contributed by atoms with E-state index in [1.807, 2.05) is 38.1 Å². The number of carbonyl (C=O) groups is 1. The molecule has 2 aromatic heterocycles. The van der Waals surface area contributed by atoms with E-state index in [1.165, 1.54) is 12.8 Å². The number of aliphatic hydroxyl groups excluding tert-OH is 1. The van der Waals surface area contributed by atoms with Gasteiger partial charge in [-0.05, 0) is 55.5 Å². The van der Waals surface area contributed by atoms with Gasteiger partial charge in [-0.2, -0.15) is 4.98 Å². The number of ether oxygens (including phenoxy) is 2. The van der Waals surface area contributed by atoms with Crippen molar-refractivity contribution in [3.8, 4) is 34.5 Å². The minimum absolute atomic E-state index is 0.00230. The van der Waals surface area contributed by atoms with Crippen molar-refractivity contribution in [3.05, 3.63) is 41.1 Å². The van der Waals surface area contributed by atoms with Crippen molar-refractivity contribution in [1.82, 2.24) is 20.4 Å². The molecule has 204 valence electrons. The van der Waals surface area contributed by atoms with Crippen molar-refractivity contribution in [1.29, 1.82) is 0 Å². The Morgan fingerprint density at radius 3 is 2.68 bits per heavy atom. The van der Waals surface area contributed by atoms with Gasteiger partial charge in [0.15, 0.2) is 0 Å². The van der Waals surface area contributed by atoms with Gasteiger partial charge in [-0.3, -0.25) is 4.79 Å². The first kappa shape index (κ1) is 27.5. The van der Waals surface area contributed by atoms with Crippen LogP contribution in [0.5, 0.6) is 11.6 Å². The highest BCUT2D eigenvalue weighted by atomic mass is 16.5. The average molecular weight is 525 g/mol. The number of nitrogens with zero attached hydrogens (tertiary/aromatic N) is 3. The van der Waals surface area contributed by atoms with Gasteiger partial charge in [0, 0.05) is 41.9 Å². The van der Waals surface area contributed by atoms with E-state index in [4.69, 9.17) is 19.1 Å². The Labute approximate surface area is 222 Å². The molecule has 0 saturated heterocycles. The largest absolute Gasteiger partial charge is 0.490 e. The van der Waals surface area contributed by atoms with E-state index in [9.17, 15) is 9.90 Å². The van der Waals surface area contributed by atoms with Gasteiger partial charge in [0.2, 0.25) is 11.7 Å². The van der Waals surface area contributed by atoms with Crippen LogP contribution in [0.25, 0.3) is 22.8 Å². The number of rotatable bonds is 13. The normalized spacial score (nSPS) is 14.5. The Morgan fingerprint density at radius 2 is 1.97 bits per heavy atom. The van der Waals surface area contributed by atoms with E-state index in [0.29, 0.717) is 42.2 Å². The Hall–Kier alpha value is -3.50. The van der Waals surface area contributed by atoms with E-state index < -0.39 is 12.1 Å². The van der Waals surface area contributed by atoms with Crippen molar-refractivity contribution >= 4 is 5.97 Å². The third-order valence-electron chi connectivity index (χ3n) is 6.78. The first-order chi connectivity index (χ1) is 18.4. The number of aliphatic carboxylic acids is 1. The molecular formula is C28H36N4O6. The van der Waals surface area contributed by atoms with Crippen LogP contribution in [-0.4, -0.2) is 64.2 Å². The van der Waals surface area contributed by atoms with Crippen LogP contribution < -0.4 is 14.8 Å². The molecule has 1 unspecified atom stereocenters. The predicted octanol–water partition coefficient (Wildman–Crippen LogP) is 4.14. The molecule has 1 aromatic carbocycles. The molecule has 1 aliphatic carbocycles. The van der Waals surface area contributed by atoms with Gasteiger partial charge in [-0.15, -0.1) is 0 Å². The van der Waals surface area contributed by atoms with Crippen LogP contribution in [-0.2, 0) is 11.2 Å². The zero-order valence-corrected chi connectivity index (χ0v) is 22.2. The minimum atomic E-state index is -0.880. The molecule has 10 nitrogen and oxygen atoms in total. The van der Waals surface area contributed by atoms with Gasteiger partial charge >= 0.3 is 5.97 Å². The van der Waals surface area contributed by atoms with Crippen LogP contribution in [0, 0.1) is 6.92 Å². The number of carboxylic acids is 1. The number of hydrogen-bond acceptors (Lipinski definition) is 9. The number of carboxylic acid groups (broad SMARTS) is 1. The van der Waals surface area contributed by atoms with Crippen LogP contribution in [0.3, 0.4) is 0 Å². The third-order valence-corrected chi connectivity index (χ3v) is 6.78. The van der Waals surface area contributed by atoms with Crippen LogP contribution >= 0.6 is 0 Å². The molecule has 0 spiro atoms. The summed E-state index contributed by atoms with van der Waals surface area (Å²) in [7, 11) is 1.61. The number of aliphatic hydroxyl groups is 1. The van der Waals surface area contributed by atoms with Crippen molar-refractivity contribution in [2.75, 3.05) is 26.8 Å². The summed E-state index contributed by atoms with van der Waals surface area (Å²) in [6.45, 7) is 4.61. The molecule has 3 aromatic rings. The molecule has 38 heavy (non-hydrogen) atoms. The fraction of sp³-hybridized carbons (Fsp3) is 0.500. The summed E-state index contributed by atoms with van der Waals surface area (Å²) in [4.78, 5) is 19.9. The fourth-order valence-corrected chi connectivity index (χ4v) is 4.79. The maximum Gasteiger partial charge on any atom is 0.304 e. The number of hydrogen-bond donors (Lipinski definition) is 3. The number of pyridine rings is 1. The summed E-state index contributed by atoms with van der Waals surface area (Å²) in [5.41, 5.74) is 4.46. The molecule has 0 aliphatic heterocycles. The summed E-state index contributed by atoms with van der Waals surface area (Å²) in [6.07, 6.45) is 4.63. The number of benzene rings is 1. The smallest absolute Gasteiger partial charge is 0.304 e. The number of aromatic nitrogens is 3. The van der Waals surface area contributed by atoms with Crippen LogP contribution in [0.15, 0.2) is 28.8 Å². The van der Waals surface area contributed by atoms with E-state index in [1.54, 1.807) is 7.11 Å². The van der Waals surface area contributed by atoms with Gasteiger partial charge in [0.05, 0.1) is 13.5 Å². The van der Waals surface area contributed by atoms with E-state index in [0.717, 1.165) is 40.8 Å². The second-order valence-electron chi connectivity index (χ2n) is 9.68. The first-order valence-electron chi connectivity index (χ1n) is 13.1. The van der Waals surface area contributed by atoms with Crippen LogP contribution in [0.4, 0.5) is 0 Å². The van der Waals surface area contributed by atoms with Gasteiger partial charge in [0.1, 0.15) is 18.5 Å². The van der Waals surface area contributed by atoms with Crippen molar-refractivity contribution < 1.29 is 29.0 Å². The second-order valence-corrected chi connectivity index (χ2v) is 9.68. The average Bonchev–Trinajstić information content (AvgIpc) is 3.63. The predicted molar refractivity (Wildman–Crippen MR) is 141 cm³/mol. The summed E-state index contributed by atoms with van der Waals surface area (Å²) in [6, 6.07) is 7.76. The SMILES string of the molecule is CCc1cc(-c2noc(-c3cc(OC)nc(C4CCCC4)c3)n2)cc(C)c1OCC(O)CNCCC(=O)O. The third kappa shape index (κ3) is 6.87. The van der Waals surface area contributed by atoms with E-state index in [-0.39, 0.29) is 19.6 Å². The summed E-state index contributed by atoms with van der Waals surface area (Å²) < 4.78 is 17.1. The fourth-order valence-electron chi connectivity index (χ4n) is 4.79. The molecule has 0 bridgehead atoms. The Bertz CT molecular complexity index is 1240. The highest BCUT2D eigenvalue weighted by Gasteiger charge is 2.22. The highest BCUT2D eigenvalue weighted by molar-refractivity contribution is 5.67. The Balaban J connectivity index is 1.49. The quantitative estimate of drug-likeness (QED) is 0.279. The lowest BCUT2D eigenvalue weighted by atomic mass is 10.0. The summed E-state index contributed by atoms with van der Waals surface area (Å²) in [5.74, 6) is 1.68. The minimum Gasteiger partial charge on any atom is -0.490 e. The lowest BCUT2D eigenvalue weighted by Gasteiger charge is -2.17. The molecule has 3 N–H and O–H groups in total. The molecule has 1 saturated carbocycles. The molecule has 4 rings (SSSR count). The van der Waals surface area contributed by atoms with Crippen molar-refractivity contribution in [3.63, 3.8) is 0 Å². The Kier molecular flexibility index (Phi) is 9.30. The van der Waals surface area contributed by atoms with E-state index >= 15 is 0 Å². The zero-order chi connectivity index (χ0) is 27.1. The van der Waals surface area contributed by atoms with Gasteiger partial charge < -0.3 is 29.5 Å². The highest BCUT2D eigenvalue weighted by Crippen LogP contribution is 2.36. The van der Waals surface area contributed by atoms with Crippen LogP contribution in [0.2, 0.25) is 0 Å². The second kappa shape index (κ2) is 12.8. The standard InChI is InChI=1S/C28H36N4O6/c1-4-18-12-20(11-17(2)26(18)37-16-22(33)15-29-10-9-25(34)35)27-31-28(38-32-27)21-13-23(19-7-5-6-8-19)30-24(14-21)36-3/h11-14,19,22,29,33H,4-10,15-16H2,1-3H3,(H,34,35). The van der Waals surface area contributed by atoms with Crippen molar-refractivity contribution in [2.24, 2.45) is 0 Å². The van der Waals surface area contributed by atoms with E-state index in [2.05, 4.69) is 20.4 Å². The molecule has 1 atom stereocenters. The number of nitrogens with one attached hydrogen (secondary N) is 1. The van der Waals surface area contributed by atoms with Crippen molar-refractivity contribution in [2.45, 2.75) is 64.4 Å². The monoisotopic (exact) mass is 524 g/mol. The lowest BCUT2D eigenvalue weighted by molar-refractivity contribution is -0.136. The molecule has 0 amide bonds. The number of aryl methyl sites for hydroxylation is 2. The van der Waals surface area contributed by atoms with Gasteiger partial charge in [-0.25, -0.2) is 4.98 Å². The maximum absolute atomic E-state index is 10.6. The molecule has 1 aliphatic rings. The van der Waals surface area contributed by atoms with Gasteiger partial charge in [0.25, 0.3) is 5.89 Å². The summed E-state index contributed by atoms with van der Waals surface area (Å²) in [5, 5.41) is 26.1. The summed E-state index contributed by atoms with van der Waals surface area (Å²) >= 11 is 0. The lowest BCUT2D eigenvalue weighted by Crippen LogP contribution is -2.32. The van der Waals surface area contributed by atoms with Gasteiger partial charge in [-0.1, -0.05) is 24.9 Å². The zero-order valence-electron chi connectivity index (χ0n) is 22.2. The molecule has 2 heterocycles.